The van der Waals surface area contributed by atoms with E-state index in [0.717, 1.165) is 10.5 Å². The Hall–Kier alpha value is -3.87. The Morgan fingerprint density at radius 2 is 1.59 bits per heavy atom. The predicted octanol–water partition coefficient (Wildman–Crippen LogP) is 3.05. The molecule has 0 bridgehead atoms. The van der Waals surface area contributed by atoms with E-state index in [1.54, 1.807) is 48.8 Å². The maximum Gasteiger partial charge on any atom is 0.262 e. The van der Waals surface area contributed by atoms with Gasteiger partial charge in [-0.2, -0.15) is 0 Å². The second kappa shape index (κ2) is 7.63. The van der Waals surface area contributed by atoms with Crippen molar-refractivity contribution in [3.8, 4) is 0 Å². The van der Waals surface area contributed by atoms with Crippen molar-refractivity contribution in [2.24, 2.45) is 0 Å². The zero-order chi connectivity index (χ0) is 20.4. The number of halogens is 1. The first-order valence-corrected chi connectivity index (χ1v) is 8.94. The summed E-state index contributed by atoms with van der Waals surface area (Å²) in [5.41, 5.74) is 1.78. The number of rotatable bonds is 5. The fourth-order valence-corrected chi connectivity index (χ4v) is 3.22. The van der Waals surface area contributed by atoms with Crippen LogP contribution in [0.5, 0.6) is 0 Å². The first-order chi connectivity index (χ1) is 14.0. The van der Waals surface area contributed by atoms with Crippen molar-refractivity contribution in [2.45, 2.75) is 6.54 Å². The number of anilines is 1. The van der Waals surface area contributed by atoms with Crippen molar-refractivity contribution >= 4 is 23.4 Å². The normalized spacial score (nSPS) is 12.8. The number of hydrogen-bond donors (Lipinski definition) is 0. The van der Waals surface area contributed by atoms with Crippen molar-refractivity contribution < 1.29 is 18.8 Å². The van der Waals surface area contributed by atoms with Gasteiger partial charge in [0.2, 0.25) is 5.91 Å². The van der Waals surface area contributed by atoms with Crippen LogP contribution >= 0.6 is 0 Å². The van der Waals surface area contributed by atoms with E-state index in [1.807, 2.05) is 0 Å². The fraction of sp³-hybridized carbons (Fsp3) is 0.0909. The van der Waals surface area contributed by atoms with Crippen LogP contribution in [0.25, 0.3) is 0 Å². The van der Waals surface area contributed by atoms with Crippen LogP contribution in [-0.4, -0.2) is 34.2 Å². The summed E-state index contributed by atoms with van der Waals surface area (Å²) in [5.74, 6) is -1.89. The number of hydrogen-bond acceptors (Lipinski definition) is 4. The number of carbonyl (C=O) groups excluding carboxylic acids is 3. The molecule has 1 aliphatic heterocycles. The molecular weight excluding hydrogens is 373 g/mol. The number of aromatic nitrogens is 1. The SMILES string of the molecule is O=C1c2ccccc2C(=O)N1CC(=O)N(Cc1cccnc1)c1ccc(F)cc1. The summed E-state index contributed by atoms with van der Waals surface area (Å²) >= 11 is 0. The van der Waals surface area contributed by atoms with Gasteiger partial charge in [0.05, 0.1) is 17.7 Å². The molecule has 7 heteroatoms. The van der Waals surface area contributed by atoms with Gasteiger partial charge in [-0.25, -0.2) is 4.39 Å². The molecule has 0 radical (unpaired) electrons. The van der Waals surface area contributed by atoms with E-state index in [1.165, 1.54) is 29.2 Å². The van der Waals surface area contributed by atoms with Crippen molar-refractivity contribution in [3.63, 3.8) is 0 Å². The van der Waals surface area contributed by atoms with E-state index >= 15 is 0 Å². The van der Waals surface area contributed by atoms with Gasteiger partial charge < -0.3 is 4.90 Å². The number of benzene rings is 2. The Balaban J connectivity index is 1.61. The lowest BCUT2D eigenvalue weighted by atomic mass is 10.1. The van der Waals surface area contributed by atoms with E-state index in [-0.39, 0.29) is 17.7 Å². The third-order valence-corrected chi connectivity index (χ3v) is 4.67. The monoisotopic (exact) mass is 389 g/mol. The quantitative estimate of drug-likeness (QED) is 0.629. The van der Waals surface area contributed by atoms with Crippen molar-refractivity contribution in [3.05, 3.63) is 95.6 Å². The van der Waals surface area contributed by atoms with Gasteiger partial charge >= 0.3 is 0 Å². The molecule has 6 nitrogen and oxygen atoms in total. The van der Waals surface area contributed by atoms with Crippen molar-refractivity contribution in [2.75, 3.05) is 11.4 Å². The zero-order valence-corrected chi connectivity index (χ0v) is 15.3. The third-order valence-electron chi connectivity index (χ3n) is 4.67. The standard InChI is InChI=1S/C22H16FN3O3/c23-16-7-9-17(10-8-16)25(13-15-4-3-11-24-12-15)20(27)14-26-21(28)18-5-1-2-6-19(18)22(26)29/h1-12H,13-14H2. The summed E-state index contributed by atoms with van der Waals surface area (Å²) in [7, 11) is 0. The molecule has 4 rings (SSSR count). The second-order valence-electron chi connectivity index (χ2n) is 6.56. The molecule has 0 saturated carbocycles. The van der Waals surface area contributed by atoms with Gasteiger partial charge in [-0.3, -0.25) is 24.3 Å². The third kappa shape index (κ3) is 3.62. The highest BCUT2D eigenvalue weighted by molar-refractivity contribution is 6.22. The van der Waals surface area contributed by atoms with E-state index in [4.69, 9.17) is 0 Å². The molecule has 0 atom stereocenters. The van der Waals surface area contributed by atoms with Crippen LogP contribution in [0.15, 0.2) is 73.1 Å². The molecule has 0 N–H and O–H groups in total. The van der Waals surface area contributed by atoms with Crippen LogP contribution in [0.4, 0.5) is 10.1 Å². The molecule has 0 unspecified atom stereocenters. The maximum absolute atomic E-state index is 13.3. The maximum atomic E-state index is 13.3. The summed E-state index contributed by atoms with van der Waals surface area (Å²) in [6.45, 7) is -0.245. The molecule has 1 aliphatic rings. The number of amides is 3. The van der Waals surface area contributed by atoms with E-state index in [0.29, 0.717) is 5.69 Å². The first-order valence-electron chi connectivity index (χ1n) is 8.94. The van der Waals surface area contributed by atoms with Gasteiger partial charge in [-0.05, 0) is 48.0 Å². The smallest absolute Gasteiger partial charge is 0.262 e. The zero-order valence-electron chi connectivity index (χ0n) is 15.3. The van der Waals surface area contributed by atoms with Crippen molar-refractivity contribution in [1.29, 1.82) is 0 Å². The van der Waals surface area contributed by atoms with E-state index < -0.39 is 30.1 Å². The average Bonchev–Trinajstić information content (AvgIpc) is 2.98. The average molecular weight is 389 g/mol. The fourth-order valence-electron chi connectivity index (χ4n) is 3.22. The largest absolute Gasteiger partial charge is 0.306 e. The topological polar surface area (TPSA) is 70.6 Å². The van der Waals surface area contributed by atoms with Crippen LogP contribution in [0.2, 0.25) is 0 Å². The van der Waals surface area contributed by atoms with Crippen LogP contribution < -0.4 is 4.90 Å². The summed E-state index contributed by atoms with van der Waals surface area (Å²) in [6.07, 6.45) is 3.23. The Labute approximate surface area is 166 Å². The highest BCUT2D eigenvalue weighted by atomic mass is 19.1. The van der Waals surface area contributed by atoms with E-state index in [9.17, 15) is 18.8 Å². The van der Waals surface area contributed by atoms with Gasteiger partial charge in [0.15, 0.2) is 0 Å². The van der Waals surface area contributed by atoms with Crippen LogP contribution in [-0.2, 0) is 11.3 Å². The Kier molecular flexibility index (Phi) is 4.87. The molecule has 0 fully saturated rings. The summed E-state index contributed by atoms with van der Waals surface area (Å²) in [6, 6.07) is 15.5. The molecule has 2 aromatic carbocycles. The summed E-state index contributed by atoms with van der Waals surface area (Å²) < 4.78 is 13.3. The molecule has 1 aromatic heterocycles. The molecule has 2 heterocycles. The molecule has 0 saturated heterocycles. The van der Waals surface area contributed by atoms with Gasteiger partial charge in [-0.15, -0.1) is 0 Å². The number of carbonyl (C=O) groups is 3. The molecule has 0 aliphatic carbocycles. The summed E-state index contributed by atoms with van der Waals surface area (Å²) in [4.78, 5) is 44.6. The molecule has 29 heavy (non-hydrogen) atoms. The van der Waals surface area contributed by atoms with Crippen LogP contribution in [0.1, 0.15) is 26.3 Å². The molecule has 0 spiro atoms. The second-order valence-corrected chi connectivity index (χ2v) is 6.56. The summed E-state index contributed by atoms with van der Waals surface area (Å²) in [5, 5.41) is 0. The minimum Gasteiger partial charge on any atom is -0.306 e. The Morgan fingerprint density at radius 1 is 0.931 bits per heavy atom. The van der Waals surface area contributed by atoms with E-state index in [2.05, 4.69) is 4.98 Å². The van der Waals surface area contributed by atoms with Crippen molar-refractivity contribution in [1.82, 2.24) is 9.88 Å². The van der Waals surface area contributed by atoms with Gasteiger partial charge in [0.1, 0.15) is 12.4 Å². The van der Waals surface area contributed by atoms with Gasteiger partial charge in [0, 0.05) is 18.1 Å². The predicted molar refractivity (Wildman–Crippen MR) is 104 cm³/mol. The Bertz CT molecular complexity index is 1050. The minimum atomic E-state index is -0.501. The lowest BCUT2D eigenvalue weighted by Gasteiger charge is -2.25. The number of imide groups is 1. The highest BCUT2D eigenvalue weighted by Gasteiger charge is 2.37. The minimum absolute atomic E-state index is 0.168. The first kappa shape index (κ1) is 18.5. The lowest BCUT2D eigenvalue weighted by molar-refractivity contribution is -0.119. The molecule has 144 valence electrons. The molecular formula is C22H16FN3O3. The molecule has 3 amide bonds. The number of nitrogens with zero attached hydrogens (tertiary/aromatic N) is 3. The molecule has 3 aromatic rings. The van der Waals surface area contributed by atoms with Gasteiger partial charge in [-0.1, -0.05) is 18.2 Å². The van der Waals surface area contributed by atoms with Gasteiger partial charge in [0.25, 0.3) is 11.8 Å². The Morgan fingerprint density at radius 3 is 2.17 bits per heavy atom. The number of pyridine rings is 1. The highest BCUT2D eigenvalue weighted by Crippen LogP contribution is 2.24. The lowest BCUT2D eigenvalue weighted by Crippen LogP contribution is -2.42. The number of fused-ring (bicyclic) bond motifs is 1. The van der Waals surface area contributed by atoms with Crippen LogP contribution in [0, 0.1) is 5.82 Å². The van der Waals surface area contributed by atoms with Crippen LogP contribution in [0.3, 0.4) is 0 Å².